The lowest BCUT2D eigenvalue weighted by atomic mass is 9.96. The molecule has 4 heterocycles. The van der Waals surface area contributed by atoms with Crippen LogP contribution in [0.15, 0.2) is 67.1 Å². The van der Waals surface area contributed by atoms with Crippen LogP contribution in [0.25, 0.3) is 5.65 Å². The number of methoxy groups -OCH3 is 2. The third-order valence-electron chi connectivity index (χ3n) is 6.62. The van der Waals surface area contributed by atoms with Crippen LogP contribution < -0.4 is 19.7 Å². The molecule has 1 aliphatic rings. The van der Waals surface area contributed by atoms with Crippen molar-refractivity contribution in [3.8, 4) is 11.6 Å². The molecule has 0 amide bonds. The maximum Gasteiger partial charge on any atom is 0.335 e. The van der Waals surface area contributed by atoms with Crippen LogP contribution in [0.4, 0.5) is 17.2 Å². The topological polar surface area (TPSA) is 131 Å². The zero-order valence-corrected chi connectivity index (χ0v) is 21.6. The van der Waals surface area contributed by atoms with Gasteiger partial charge in [-0.15, -0.1) is 0 Å². The Hall–Kier alpha value is -4.93. The highest BCUT2D eigenvalue weighted by Crippen LogP contribution is 2.31. The molecule has 0 spiro atoms. The molecule has 1 aromatic carbocycles. The van der Waals surface area contributed by atoms with Crippen molar-refractivity contribution in [1.29, 1.82) is 0 Å². The molecule has 1 aliphatic heterocycles. The van der Waals surface area contributed by atoms with Gasteiger partial charge in [0.15, 0.2) is 17.2 Å². The Morgan fingerprint density at radius 2 is 1.90 bits per heavy atom. The lowest BCUT2D eigenvalue weighted by Crippen LogP contribution is -2.35. The molecule has 0 aliphatic carbocycles. The van der Waals surface area contributed by atoms with Crippen molar-refractivity contribution in [2.75, 3.05) is 37.5 Å². The van der Waals surface area contributed by atoms with E-state index in [1.54, 1.807) is 42.0 Å². The number of ether oxygens (including phenoxy) is 2. The van der Waals surface area contributed by atoms with Gasteiger partial charge in [0.25, 0.3) is 5.88 Å². The van der Waals surface area contributed by atoms with E-state index in [4.69, 9.17) is 14.6 Å². The van der Waals surface area contributed by atoms with Crippen molar-refractivity contribution in [2.24, 2.45) is 5.92 Å². The monoisotopic (exact) mass is 528 g/mol. The number of rotatable bonds is 9. The number of piperidine rings is 1. The van der Waals surface area contributed by atoms with Crippen LogP contribution >= 0.6 is 0 Å². The minimum atomic E-state index is -1.02. The summed E-state index contributed by atoms with van der Waals surface area (Å²) in [5.41, 5.74) is 2.97. The Balaban J connectivity index is 1.33. The van der Waals surface area contributed by atoms with Crippen LogP contribution in [0.3, 0.4) is 0 Å². The van der Waals surface area contributed by atoms with Crippen LogP contribution in [-0.2, 0) is 0 Å². The normalized spacial score (nSPS) is 15.4. The van der Waals surface area contributed by atoms with Gasteiger partial charge in [0.05, 0.1) is 37.4 Å². The number of aromatic carboxylic acids is 1. The van der Waals surface area contributed by atoms with Gasteiger partial charge in [-0.1, -0.05) is 18.2 Å². The lowest BCUT2D eigenvalue weighted by molar-refractivity contribution is 0.0696. The number of aromatic nitrogens is 4. The molecule has 1 atom stereocenters. The summed E-state index contributed by atoms with van der Waals surface area (Å²) in [6.45, 7) is 1.60. The SMILES string of the molecule is COc1ccc(Nc2cc(N3CCCC(/C=C\C(=O)c4ccc(C(=O)O)cc4)C3)cn3ncnc23)nc1OC. The van der Waals surface area contributed by atoms with Crippen LogP contribution in [0.2, 0.25) is 0 Å². The van der Waals surface area contributed by atoms with E-state index in [1.165, 1.54) is 25.6 Å². The number of pyridine rings is 2. The van der Waals surface area contributed by atoms with E-state index >= 15 is 0 Å². The summed E-state index contributed by atoms with van der Waals surface area (Å²) in [5, 5.41) is 16.7. The average Bonchev–Trinajstić information content (AvgIpc) is 3.45. The standard InChI is InChI=1S/C28H28N6O5/c1-38-24-11-12-25(32-27(24)39-2)31-22-14-21(16-34-26(22)29-17-30-34)33-13-3-4-18(15-33)5-10-23(35)19-6-8-20(9-7-19)28(36)37/h5-12,14,16-18H,3-4,13,15H2,1-2H3,(H,31,32)(H,36,37)/b10-5-. The maximum atomic E-state index is 12.6. The number of carbonyl (C=O) groups is 2. The van der Waals surface area contributed by atoms with Gasteiger partial charge in [-0.3, -0.25) is 4.79 Å². The fraction of sp³-hybridized carbons (Fsp3) is 0.250. The Bertz CT molecular complexity index is 1530. The number of nitrogens with one attached hydrogen (secondary N) is 1. The number of carboxylic acids is 1. The van der Waals surface area contributed by atoms with E-state index in [2.05, 4.69) is 25.3 Å². The number of allylic oxidation sites excluding steroid dienone is 1. The fourth-order valence-corrected chi connectivity index (χ4v) is 4.61. The number of nitrogens with zero attached hydrogens (tertiary/aromatic N) is 5. The van der Waals surface area contributed by atoms with Crippen molar-refractivity contribution in [3.05, 3.63) is 78.3 Å². The largest absolute Gasteiger partial charge is 0.491 e. The van der Waals surface area contributed by atoms with E-state index in [0.29, 0.717) is 28.7 Å². The molecule has 39 heavy (non-hydrogen) atoms. The molecule has 1 fully saturated rings. The fourth-order valence-electron chi connectivity index (χ4n) is 4.61. The average molecular weight is 529 g/mol. The molecule has 2 N–H and O–H groups in total. The van der Waals surface area contributed by atoms with E-state index in [-0.39, 0.29) is 17.3 Å². The van der Waals surface area contributed by atoms with E-state index in [9.17, 15) is 9.59 Å². The zero-order valence-electron chi connectivity index (χ0n) is 21.6. The second-order valence-electron chi connectivity index (χ2n) is 9.13. The van der Waals surface area contributed by atoms with Crippen LogP contribution in [0.1, 0.15) is 33.6 Å². The summed E-state index contributed by atoms with van der Waals surface area (Å²) >= 11 is 0. The molecular formula is C28H28N6O5. The van der Waals surface area contributed by atoms with Crippen molar-refractivity contribution < 1.29 is 24.2 Å². The number of carboxylic acid groups (broad SMARTS) is 1. The molecule has 1 saturated heterocycles. The number of anilines is 3. The van der Waals surface area contributed by atoms with Gasteiger partial charge < -0.3 is 24.8 Å². The summed E-state index contributed by atoms with van der Waals surface area (Å²) in [4.78, 5) is 34.8. The minimum Gasteiger partial charge on any atom is -0.491 e. The molecule has 0 saturated carbocycles. The Kier molecular flexibility index (Phi) is 7.39. The van der Waals surface area contributed by atoms with Crippen molar-refractivity contribution >= 4 is 34.6 Å². The van der Waals surface area contributed by atoms with Crippen LogP contribution in [0.5, 0.6) is 11.6 Å². The van der Waals surface area contributed by atoms with Crippen LogP contribution in [0, 0.1) is 5.92 Å². The first kappa shape index (κ1) is 25.7. The molecule has 3 aromatic heterocycles. The second-order valence-corrected chi connectivity index (χ2v) is 9.13. The maximum absolute atomic E-state index is 12.6. The summed E-state index contributed by atoms with van der Waals surface area (Å²) in [5.74, 6) is 0.485. The Labute approximate surface area is 224 Å². The first-order chi connectivity index (χ1) is 18.9. The number of benzene rings is 1. The second kappa shape index (κ2) is 11.2. The minimum absolute atomic E-state index is 0.151. The van der Waals surface area contributed by atoms with E-state index in [1.807, 2.05) is 18.3 Å². The third-order valence-corrected chi connectivity index (χ3v) is 6.62. The predicted octanol–water partition coefficient (Wildman–Crippen LogP) is 4.24. The van der Waals surface area contributed by atoms with Gasteiger partial charge in [-0.25, -0.2) is 14.3 Å². The molecule has 11 heteroatoms. The van der Waals surface area contributed by atoms with Crippen molar-refractivity contribution in [1.82, 2.24) is 19.6 Å². The summed E-state index contributed by atoms with van der Waals surface area (Å²) in [7, 11) is 3.10. The summed E-state index contributed by atoms with van der Waals surface area (Å²) < 4.78 is 12.3. The van der Waals surface area contributed by atoms with Gasteiger partial charge in [0.1, 0.15) is 12.1 Å². The molecule has 11 nitrogen and oxygen atoms in total. The molecule has 0 radical (unpaired) electrons. The quantitative estimate of drug-likeness (QED) is 0.240. The van der Waals surface area contributed by atoms with E-state index < -0.39 is 5.97 Å². The van der Waals surface area contributed by atoms with Crippen LogP contribution in [-0.4, -0.2) is 63.8 Å². The first-order valence-corrected chi connectivity index (χ1v) is 12.5. The number of carbonyl (C=O) groups excluding carboxylic acids is 1. The van der Waals surface area contributed by atoms with E-state index in [0.717, 1.165) is 37.3 Å². The van der Waals surface area contributed by atoms with Gasteiger partial charge in [0.2, 0.25) is 0 Å². The zero-order chi connectivity index (χ0) is 27.4. The lowest BCUT2D eigenvalue weighted by Gasteiger charge is -2.33. The molecule has 0 bridgehead atoms. The number of ketones is 1. The molecule has 200 valence electrons. The molecule has 5 rings (SSSR count). The first-order valence-electron chi connectivity index (χ1n) is 12.5. The van der Waals surface area contributed by atoms with Gasteiger partial charge in [-0.2, -0.15) is 10.1 Å². The predicted molar refractivity (Wildman–Crippen MR) is 145 cm³/mol. The molecule has 1 unspecified atom stereocenters. The van der Waals surface area contributed by atoms with Crippen molar-refractivity contribution in [3.63, 3.8) is 0 Å². The highest BCUT2D eigenvalue weighted by Gasteiger charge is 2.21. The summed E-state index contributed by atoms with van der Waals surface area (Å²) in [6.07, 6.45) is 8.90. The molecular weight excluding hydrogens is 500 g/mol. The molecule has 4 aromatic rings. The van der Waals surface area contributed by atoms with Gasteiger partial charge >= 0.3 is 5.97 Å². The highest BCUT2D eigenvalue weighted by molar-refractivity contribution is 6.05. The van der Waals surface area contributed by atoms with Gasteiger partial charge in [-0.05, 0) is 55.2 Å². The number of fused-ring (bicyclic) bond motifs is 1. The Morgan fingerprint density at radius 1 is 1.10 bits per heavy atom. The third kappa shape index (κ3) is 5.66. The number of hydrogen-bond acceptors (Lipinski definition) is 9. The van der Waals surface area contributed by atoms with Gasteiger partial charge in [0, 0.05) is 18.7 Å². The van der Waals surface area contributed by atoms with Crippen molar-refractivity contribution in [2.45, 2.75) is 12.8 Å². The smallest absolute Gasteiger partial charge is 0.335 e. The summed E-state index contributed by atoms with van der Waals surface area (Å²) in [6, 6.07) is 11.6. The Morgan fingerprint density at radius 3 is 2.64 bits per heavy atom. The number of hydrogen-bond donors (Lipinski definition) is 2. The highest BCUT2D eigenvalue weighted by atomic mass is 16.5.